The number of hydrogen-bond acceptors (Lipinski definition) is 4. The van der Waals surface area contributed by atoms with Gasteiger partial charge in [0, 0.05) is 28.0 Å². The molecule has 4 heteroatoms. The SMILES string of the molecule is COc1c(C(C)C)cc(C=O)c2c1O[C@H](O)[C@H]1C(C)(C)CCC[C@]21C. The first-order valence-corrected chi connectivity index (χ1v) is 9.22. The summed E-state index contributed by atoms with van der Waals surface area (Å²) >= 11 is 0. The molecule has 0 amide bonds. The first-order valence-electron chi connectivity index (χ1n) is 9.22. The second-order valence-electron chi connectivity index (χ2n) is 8.81. The second-order valence-corrected chi connectivity index (χ2v) is 8.81. The highest BCUT2D eigenvalue weighted by Gasteiger charge is 2.56. The molecule has 0 radical (unpaired) electrons. The van der Waals surface area contributed by atoms with Crippen molar-refractivity contribution in [2.24, 2.45) is 11.3 Å². The summed E-state index contributed by atoms with van der Waals surface area (Å²) in [5.74, 6) is 1.33. The van der Waals surface area contributed by atoms with Crippen LogP contribution in [0.15, 0.2) is 6.07 Å². The molecule has 1 aromatic carbocycles. The van der Waals surface area contributed by atoms with Crippen LogP contribution in [0.4, 0.5) is 0 Å². The van der Waals surface area contributed by atoms with Gasteiger partial charge in [0.15, 0.2) is 17.8 Å². The van der Waals surface area contributed by atoms with Crippen LogP contribution in [0, 0.1) is 11.3 Å². The van der Waals surface area contributed by atoms with Gasteiger partial charge in [-0.1, -0.05) is 41.0 Å². The summed E-state index contributed by atoms with van der Waals surface area (Å²) in [7, 11) is 1.62. The number of benzene rings is 1. The van der Waals surface area contributed by atoms with Crippen molar-refractivity contribution in [3.8, 4) is 11.5 Å². The average molecular weight is 346 g/mol. The topological polar surface area (TPSA) is 55.8 Å². The molecule has 1 saturated carbocycles. The number of ether oxygens (including phenoxy) is 2. The Morgan fingerprint density at radius 3 is 2.56 bits per heavy atom. The Labute approximate surface area is 150 Å². The molecule has 0 unspecified atom stereocenters. The number of hydrogen-bond donors (Lipinski definition) is 1. The lowest BCUT2D eigenvalue weighted by molar-refractivity contribution is -0.156. The Bertz CT molecular complexity index is 692. The summed E-state index contributed by atoms with van der Waals surface area (Å²) in [6, 6.07) is 1.94. The molecule has 1 aliphatic carbocycles. The minimum absolute atomic E-state index is 0.0606. The van der Waals surface area contributed by atoms with E-state index in [4.69, 9.17) is 9.47 Å². The lowest BCUT2D eigenvalue weighted by Crippen LogP contribution is -2.55. The summed E-state index contributed by atoms with van der Waals surface area (Å²) in [4.78, 5) is 12.0. The normalized spacial score (nSPS) is 30.2. The van der Waals surface area contributed by atoms with Crippen LogP contribution in [0.1, 0.15) is 81.3 Å². The predicted octanol–water partition coefficient (Wildman–Crippen LogP) is 4.43. The number of fused-ring (bicyclic) bond motifs is 3. The molecular weight excluding hydrogens is 316 g/mol. The van der Waals surface area contributed by atoms with Crippen LogP contribution in [0.3, 0.4) is 0 Å². The molecule has 0 bridgehead atoms. The molecule has 25 heavy (non-hydrogen) atoms. The van der Waals surface area contributed by atoms with Crippen molar-refractivity contribution >= 4 is 6.29 Å². The van der Waals surface area contributed by atoms with Crippen LogP contribution < -0.4 is 9.47 Å². The van der Waals surface area contributed by atoms with Gasteiger partial charge in [-0.2, -0.15) is 0 Å². The smallest absolute Gasteiger partial charge is 0.201 e. The molecule has 0 saturated heterocycles. The quantitative estimate of drug-likeness (QED) is 0.823. The van der Waals surface area contributed by atoms with Crippen molar-refractivity contribution < 1.29 is 19.4 Å². The number of aliphatic hydroxyl groups excluding tert-OH is 1. The monoisotopic (exact) mass is 346 g/mol. The number of aliphatic hydroxyl groups is 1. The zero-order chi connectivity index (χ0) is 18.6. The van der Waals surface area contributed by atoms with Gasteiger partial charge in [0.25, 0.3) is 0 Å². The number of carbonyl (C=O) groups is 1. The Morgan fingerprint density at radius 2 is 2.00 bits per heavy atom. The molecule has 1 N–H and O–H groups in total. The summed E-state index contributed by atoms with van der Waals surface area (Å²) in [6.07, 6.45) is 3.07. The molecule has 0 spiro atoms. The van der Waals surface area contributed by atoms with E-state index in [-0.39, 0.29) is 22.7 Å². The maximum atomic E-state index is 12.0. The van der Waals surface area contributed by atoms with E-state index in [9.17, 15) is 9.90 Å². The van der Waals surface area contributed by atoms with E-state index in [0.29, 0.717) is 17.1 Å². The zero-order valence-electron chi connectivity index (χ0n) is 16.2. The number of carbonyl (C=O) groups excluding carboxylic acids is 1. The molecule has 3 atom stereocenters. The van der Waals surface area contributed by atoms with Crippen LogP contribution in [0.2, 0.25) is 0 Å². The fraction of sp³-hybridized carbons (Fsp3) is 0.667. The minimum Gasteiger partial charge on any atom is -0.493 e. The highest BCUT2D eigenvalue weighted by molar-refractivity contribution is 5.82. The fourth-order valence-corrected chi connectivity index (χ4v) is 5.37. The average Bonchev–Trinajstić information content (AvgIpc) is 2.51. The van der Waals surface area contributed by atoms with E-state index < -0.39 is 6.29 Å². The summed E-state index contributed by atoms with van der Waals surface area (Å²) in [5.41, 5.74) is 2.14. The van der Waals surface area contributed by atoms with Gasteiger partial charge in [-0.15, -0.1) is 0 Å². The van der Waals surface area contributed by atoms with Crippen molar-refractivity contribution in [3.05, 3.63) is 22.8 Å². The van der Waals surface area contributed by atoms with E-state index in [0.717, 1.165) is 36.7 Å². The first-order chi connectivity index (χ1) is 11.7. The van der Waals surface area contributed by atoms with E-state index in [1.54, 1.807) is 7.11 Å². The first kappa shape index (κ1) is 18.2. The van der Waals surface area contributed by atoms with Gasteiger partial charge in [-0.25, -0.2) is 0 Å². The van der Waals surface area contributed by atoms with Gasteiger partial charge in [-0.05, 0) is 30.2 Å². The molecule has 1 aliphatic heterocycles. The maximum absolute atomic E-state index is 12.0. The third-order valence-corrected chi connectivity index (χ3v) is 6.39. The van der Waals surface area contributed by atoms with Gasteiger partial charge in [0.1, 0.15) is 0 Å². The largest absolute Gasteiger partial charge is 0.493 e. The summed E-state index contributed by atoms with van der Waals surface area (Å²) in [6.45, 7) is 10.7. The Kier molecular flexibility index (Phi) is 4.39. The van der Waals surface area contributed by atoms with Crippen molar-refractivity contribution in [2.75, 3.05) is 7.11 Å². The highest BCUT2D eigenvalue weighted by atomic mass is 16.6. The fourth-order valence-electron chi connectivity index (χ4n) is 5.37. The summed E-state index contributed by atoms with van der Waals surface area (Å²) < 4.78 is 11.7. The molecule has 0 aromatic heterocycles. The molecule has 3 rings (SSSR count). The predicted molar refractivity (Wildman–Crippen MR) is 97.6 cm³/mol. The van der Waals surface area contributed by atoms with Crippen molar-refractivity contribution in [3.63, 3.8) is 0 Å². The second kappa shape index (κ2) is 6.01. The van der Waals surface area contributed by atoms with Crippen LogP contribution in [-0.2, 0) is 5.41 Å². The molecule has 1 aromatic rings. The van der Waals surface area contributed by atoms with Crippen molar-refractivity contribution in [1.82, 2.24) is 0 Å². The molecule has 4 nitrogen and oxygen atoms in total. The van der Waals surface area contributed by atoms with Gasteiger partial charge in [-0.3, -0.25) is 4.79 Å². The van der Waals surface area contributed by atoms with Crippen molar-refractivity contribution in [1.29, 1.82) is 0 Å². The lowest BCUT2D eigenvalue weighted by Gasteiger charge is -2.55. The van der Waals surface area contributed by atoms with Gasteiger partial charge < -0.3 is 14.6 Å². The Balaban J connectivity index is 2.33. The van der Waals surface area contributed by atoms with E-state index in [1.807, 2.05) is 6.07 Å². The molecular formula is C21H30O4. The van der Waals surface area contributed by atoms with Crippen LogP contribution >= 0.6 is 0 Å². The molecule has 138 valence electrons. The lowest BCUT2D eigenvalue weighted by atomic mass is 9.52. The van der Waals surface area contributed by atoms with Crippen LogP contribution in [0.5, 0.6) is 11.5 Å². The van der Waals surface area contributed by atoms with Gasteiger partial charge >= 0.3 is 0 Å². The van der Waals surface area contributed by atoms with E-state index in [2.05, 4.69) is 34.6 Å². The highest BCUT2D eigenvalue weighted by Crippen LogP contribution is 2.60. The molecule has 1 fully saturated rings. The van der Waals surface area contributed by atoms with Gasteiger partial charge in [0.2, 0.25) is 6.29 Å². The van der Waals surface area contributed by atoms with Crippen LogP contribution in [0.25, 0.3) is 0 Å². The third-order valence-electron chi connectivity index (χ3n) is 6.39. The maximum Gasteiger partial charge on any atom is 0.201 e. The van der Waals surface area contributed by atoms with E-state index >= 15 is 0 Å². The van der Waals surface area contributed by atoms with Crippen molar-refractivity contribution in [2.45, 2.75) is 71.5 Å². The Morgan fingerprint density at radius 1 is 1.32 bits per heavy atom. The summed E-state index contributed by atoms with van der Waals surface area (Å²) in [5, 5.41) is 10.9. The number of methoxy groups -OCH3 is 1. The Hall–Kier alpha value is -1.55. The number of rotatable bonds is 3. The third kappa shape index (κ3) is 2.57. The molecule has 2 aliphatic rings. The van der Waals surface area contributed by atoms with Crippen LogP contribution in [-0.4, -0.2) is 24.8 Å². The number of aldehydes is 1. The van der Waals surface area contributed by atoms with E-state index in [1.165, 1.54) is 0 Å². The van der Waals surface area contributed by atoms with Gasteiger partial charge in [0.05, 0.1) is 7.11 Å². The zero-order valence-corrected chi connectivity index (χ0v) is 16.2. The standard InChI is InChI=1S/C21H30O4/c1-12(2)14-10-13(11-22)15-17(16(14)24-6)25-19(23)18-20(3,4)8-7-9-21(15,18)5/h10-12,18-19,23H,7-9H2,1-6H3/t18-,19-,21+/m0/s1. The molecule has 1 heterocycles. The minimum atomic E-state index is -0.899.